The van der Waals surface area contributed by atoms with Gasteiger partial charge in [-0.05, 0) is 61.1 Å². The molecule has 4 aromatic rings. The summed E-state index contributed by atoms with van der Waals surface area (Å²) in [6, 6.07) is 10.9. The molecular weight excluding hydrogens is 468 g/mol. The Morgan fingerprint density at radius 3 is 2.59 bits per heavy atom. The standard InChI is InChI=1S/C28H30N6O3/c1-15-11-19(29)8-10-20(15)25-24(26-27(30)31-14-22(16(2)35)34(26)33-25)18-7-9-21(23(12-18)37-3)28(36)32-13-17-5-4-6-17/h7-12,14,17H,4-6,13,29H2,1-3H3,(H2,30,31)(H,32,36). The van der Waals surface area contributed by atoms with Crippen molar-refractivity contribution in [3.63, 3.8) is 0 Å². The lowest BCUT2D eigenvalue weighted by Crippen LogP contribution is -2.32. The van der Waals surface area contributed by atoms with Gasteiger partial charge in [0.05, 0.1) is 18.9 Å². The zero-order valence-electron chi connectivity index (χ0n) is 21.2. The summed E-state index contributed by atoms with van der Waals surface area (Å²) >= 11 is 0. The fraction of sp³-hybridized carbons (Fsp3) is 0.286. The van der Waals surface area contributed by atoms with Gasteiger partial charge in [-0.3, -0.25) is 9.59 Å². The van der Waals surface area contributed by atoms with Crippen molar-refractivity contribution in [3.05, 3.63) is 59.4 Å². The molecular formula is C28H30N6O3. The molecule has 0 unspecified atom stereocenters. The lowest BCUT2D eigenvalue weighted by molar-refractivity contribution is 0.0935. The van der Waals surface area contributed by atoms with Gasteiger partial charge in [-0.2, -0.15) is 5.10 Å². The van der Waals surface area contributed by atoms with E-state index in [1.54, 1.807) is 18.2 Å². The molecule has 2 heterocycles. The SMILES string of the molecule is COc1cc(-c2c(-c3ccc(N)cc3C)nn3c(C(C)=O)cnc(N)c23)ccc1C(=O)NCC1CCC1. The van der Waals surface area contributed by atoms with Gasteiger partial charge in [-0.1, -0.05) is 18.6 Å². The van der Waals surface area contributed by atoms with Crippen LogP contribution < -0.4 is 21.5 Å². The van der Waals surface area contributed by atoms with Gasteiger partial charge >= 0.3 is 0 Å². The number of nitrogens with two attached hydrogens (primary N) is 2. The highest BCUT2D eigenvalue weighted by molar-refractivity contribution is 6.02. The highest BCUT2D eigenvalue weighted by Crippen LogP contribution is 2.40. The lowest BCUT2D eigenvalue weighted by Gasteiger charge is -2.25. The van der Waals surface area contributed by atoms with Crippen molar-refractivity contribution < 1.29 is 14.3 Å². The minimum Gasteiger partial charge on any atom is -0.496 e. The first-order chi connectivity index (χ1) is 17.8. The molecule has 0 bridgehead atoms. The molecule has 9 nitrogen and oxygen atoms in total. The molecule has 5 rings (SSSR count). The number of nitrogens with one attached hydrogen (secondary N) is 1. The van der Waals surface area contributed by atoms with Crippen LogP contribution in [0.5, 0.6) is 5.75 Å². The minimum absolute atomic E-state index is 0.176. The number of amides is 1. The lowest BCUT2D eigenvalue weighted by atomic mass is 9.85. The van der Waals surface area contributed by atoms with Crippen molar-refractivity contribution in [1.29, 1.82) is 0 Å². The smallest absolute Gasteiger partial charge is 0.255 e. The third-order valence-electron chi connectivity index (χ3n) is 7.06. The van der Waals surface area contributed by atoms with Gasteiger partial charge in [0.25, 0.3) is 5.91 Å². The van der Waals surface area contributed by atoms with Gasteiger partial charge in [0, 0.05) is 30.3 Å². The predicted octanol–water partition coefficient (Wildman–Crippen LogP) is 4.28. The van der Waals surface area contributed by atoms with Gasteiger partial charge in [-0.15, -0.1) is 0 Å². The average molecular weight is 499 g/mol. The van der Waals surface area contributed by atoms with E-state index < -0.39 is 0 Å². The minimum atomic E-state index is -0.191. The van der Waals surface area contributed by atoms with Crippen LogP contribution >= 0.6 is 0 Å². The van der Waals surface area contributed by atoms with E-state index in [2.05, 4.69) is 10.3 Å². The van der Waals surface area contributed by atoms with Gasteiger partial charge in [-0.25, -0.2) is 9.50 Å². The molecule has 1 aliphatic carbocycles. The van der Waals surface area contributed by atoms with Gasteiger partial charge < -0.3 is 21.5 Å². The molecule has 1 saturated carbocycles. The van der Waals surface area contributed by atoms with E-state index in [1.807, 2.05) is 25.1 Å². The normalized spacial score (nSPS) is 13.4. The molecule has 0 saturated heterocycles. The van der Waals surface area contributed by atoms with Crippen LogP contribution in [-0.2, 0) is 0 Å². The molecule has 2 aromatic heterocycles. The first-order valence-corrected chi connectivity index (χ1v) is 12.3. The molecule has 0 radical (unpaired) electrons. The molecule has 1 fully saturated rings. The van der Waals surface area contributed by atoms with Gasteiger partial charge in [0.1, 0.15) is 28.5 Å². The maximum absolute atomic E-state index is 12.9. The van der Waals surface area contributed by atoms with Crippen molar-refractivity contribution in [3.8, 4) is 28.1 Å². The number of nitrogens with zero attached hydrogens (tertiary/aromatic N) is 3. The molecule has 0 aliphatic heterocycles. The van der Waals surface area contributed by atoms with Crippen molar-refractivity contribution in [2.75, 3.05) is 25.1 Å². The summed E-state index contributed by atoms with van der Waals surface area (Å²) in [4.78, 5) is 29.6. The Morgan fingerprint density at radius 2 is 1.95 bits per heavy atom. The molecule has 1 amide bonds. The summed E-state index contributed by atoms with van der Waals surface area (Å²) in [7, 11) is 1.53. The molecule has 0 spiro atoms. The second kappa shape index (κ2) is 9.57. The number of anilines is 2. The van der Waals surface area contributed by atoms with Crippen LogP contribution in [0.15, 0.2) is 42.6 Å². The molecule has 9 heteroatoms. The molecule has 190 valence electrons. The number of methoxy groups -OCH3 is 1. The Morgan fingerprint density at radius 1 is 1.16 bits per heavy atom. The van der Waals surface area contributed by atoms with Crippen LogP contribution in [0.3, 0.4) is 0 Å². The second-order valence-corrected chi connectivity index (χ2v) is 9.57. The maximum atomic E-state index is 12.9. The topological polar surface area (TPSA) is 138 Å². The predicted molar refractivity (Wildman–Crippen MR) is 144 cm³/mol. The van der Waals surface area contributed by atoms with E-state index in [9.17, 15) is 9.59 Å². The Kier molecular flexibility index (Phi) is 6.29. The van der Waals surface area contributed by atoms with Crippen molar-refractivity contribution >= 4 is 28.7 Å². The fourth-order valence-corrected chi connectivity index (χ4v) is 4.79. The van der Waals surface area contributed by atoms with E-state index in [0.29, 0.717) is 51.9 Å². The first kappa shape index (κ1) is 24.3. The summed E-state index contributed by atoms with van der Waals surface area (Å²) in [5.41, 5.74) is 18.0. The quantitative estimate of drug-likeness (QED) is 0.255. The molecule has 0 atom stereocenters. The molecule has 5 N–H and O–H groups in total. The van der Waals surface area contributed by atoms with E-state index in [0.717, 1.165) is 29.5 Å². The number of carbonyl (C=O) groups excluding carboxylic acids is 2. The Balaban J connectivity index is 1.69. The van der Waals surface area contributed by atoms with Gasteiger partial charge in [0.2, 0.25) is 0 Å². The van der Waals surface area contributed by atoms with Crippen LogP contribution in [0.1, 0.15) is 52.6 Å². The zero-order valence-corrected chi connectivity index (χ0v) is 21.2. The third-order valence-corrected chi connectivity index (χ3v) is 7.06. The number of hydrogen-bond acceptors (Lipinski definition) is 7. The van der Waals surface area contributed by atoms with Crippen molar-refractivity contribution in [2.45, 2.75) is 33.1 Å². The second-order valence-electron chi connectivity index (χ2n) is 9.57. The summed E-state index contributed by atoms with van der Waals surface area (Å²) in [6.07, 6.45) is 4.95. The zero-order chi connectivity index (χ0) is 26.3. The van der Waals surface area contributed by atoms with E-state index in [1.165, 1.54) is 31.2 Å². The number of Topliss-reactive ketones (excluding diaryl/α,β-unsaturated/α-hetero) is 1. The highest BCUT2D eigenvalue weighted by atomic mass is 16.5. The monoisotopic (exact) mass is 498 g/mol. The number of ketones is 1. The summed E-state index contributed by atoms with van der Waals surface area (Å²) in [5.74, 6) is 0.836. The average Bonchev–Trinajstić information content (AvgIpc) is 3.23. The number of benzene rings is 2. The van der Waals surface area contributed by atoms with Crippen molar-refractivity contribution in [1.82, 2.24) is 19.9 Å². The summed E-state index contributed by atoms with van der Waals surface area (Å²) < 4.78 is 7.17. The van der Waals surface area contributed by atoms with Crippen LogP contribution in [-0.4, -0.2) is 39.9 Å². The number of hydrogen-bond donors (Lipinski definition) is 3. The van der Waals surface area contributed by atoms with E-state index >= 15 is 0 Å². The maximum Gasteiger partial charge on any atom is 0.255 e. The summed E-state index contributed by atoms with van der Waals surface area (Å²) in [6.45, 7) is 4.07. The molecule has 37 heavy (non-hydrogen) atoms. The molecule has 1 aliphatic rings. The summed E-state index contributed by atoms with van der Waals surface area (Å²) in [5, 5.41) is 7.85. The molecule has 2 aromatic carbocycles. The van der Waals surface area contributed by atoms with Crippen LogP contribution in [0.25, 0.3) is 27.9 Å². The van der Waals surface area contributed by atoms with Crippen LogP contribution in [0, 0.1) is 12.8 Å². The first-order valence-electron chi connectivity index (χ1n) is 12.3. The van der Waals surface area contributed by atoms with Crippen LogP contribution in [0.2, 0.25) is 0 Å². The van der Waals surface area contributed by atoms with E-state index in [-0.39, 0.29) is 17.5 Å². The third kappa shape index (κ3) is 4.37. The number of carbonyl (C=O) groups is 2. The Bertz CT molecular complexity index is 1540. The van der Waals surface area contributed by atoms with Crippen LogP contribution in [0.4, 0.5) is 11.5 Å². The Hall–Kier alpha value is -4.40. The van der Waals surface area contributed by atoms with Crippen molar-refractivity contribution in [2.24, 2.45) is 5.92 Å². The number of fused-ring (bicyclic) bond motifs is 1. The Labute approximate surface area is 214 Å². The fourth-order valence-electron chi connectivity index (χ4n) is 4.79. The number of nitrogen functional groups attached to an aromatic ring is 2. The largest absolute Gasteiger partial charge is 0.496 e. The van der Waals surface area contributed by atoms with Gasteiger partial charge in [0.15, 0.2) is 5.78 Å². The number of aryl methyl sites for hydroxylation is 1. The van der Waals surface area contributed by atoms with E-state index in [4.69, 9.17) is 21.3 Å². The number of rotatable bonds is 7. The number of ether oxygens (including phenoxy) is 1. The number of aromatic nitrogens is 3. The highest BCUT2D eigenvalue weighted by Gasteiger charge is 2.25.